The van der Waals surface area contributed by atoms with E-state index >= 15 is 0 Å². The third kappa shape index (κ3) is 1.05. The summed E-state index contributed by atoms with van der Waals surface area (Å²) in [6.45, 7) is 1.81. The molecular weight excluding hydrogens is 170 g/mol. The molecule has 0 radical (unpaired) electrons. The zero-order chi connectivity index (χ0) is 9.42. The van der Waals surface area contributed by atoms with E-state index in [0.717, 1.165) is 5.56 Å². The number of aromatic nitrogens is 2. The van der Waals surface area contributed by atoms with Crippen molar-refractivity contribution in [1.82, 2.24) is 9.97 Å². The van der Waals surface area contributed by atoms with Gasteiger partial charge >= 0.3 is 0 Å². The van der Waals surface area contributed by atoms with Crippen LogP contribution in [0.2, 0.25) is 0 Å². The number of hydrogen-bond donors (Lipinski definition) is 1. The Morgan fingerprint density at radius 3 is 3.08 bits per heavy atom. The fourth-order valence-electron chi connectivity index (χ4n) is 1.35. The van der Waals surface area contributed by atoms with Gasteiger partial charge in [0.1, 0.15) is 5.65 Å². The number of nitro groups is 1. The molecule has 2 aromatic heterocycles. The molecule has 13 heavy (non-hydrogen) atoms. The Hall–Kier alpha value is -1.91. The van der Waals surface area contributed by atoms with Crippen LogP contribution in [-0.4, -0.2) is 14.9 Å². The van der Waals surface area contributed by atoms with E-state index in [2.05, 4.69) is 9.97 Å². The highest BCUT2D eigenvalue weighted by molar-refractivity contribution is 5.88. The van der Waals surface area contributed by atoms with Crippen LogP contribution in [0.4, 0.5) is 5.69 Å². The Labute approximate surface area is 73.6 Å². The molecule has 0 aliphatic carbocycles. The van der Waals surface area contributed by atoms with Crippen molar-refractivity contribution < 1.29 is 4.92 Å². The van der Waals surface area contributed by atoms with Gasteiger partial charge in [0.05, 0.1) is 10.3 Å². The molecule has 0 fully saturated rings. The van der Waals surface area contributed by atoms with Crippen LogP contribution < -0.4 is 0 Å². The normalized spacial score (nSPS) is 10.5. The van der Waals surface area contributed by atoms with E-state index in [0.29, 0.717) is 11.0 Å². The lowest BCUT2D eigenvalue weighted by atomic mass is 10.2. The van der Waals surface area contributed by atoms with Gasteiger partial charge in [-0.15, -0.1) is 0 Å². The zero-order valence-electron chi connectivity index (χ0n) is 6.94. The smallest absolute Gasteiger partial charge is 0.282 e. The van der Waals surface area contributed by atoms with Gasteiger partial charge in [0, 0.05) is 18.5 Å². The van der Waals surface area contributed by atoms with Gasteiger partial charge < -0.3 is 4.98 Å². The van der Waals surface area contributed by atoms with Crippen LogP contribution in [0.5, 0.6) is 0 Å². The second kappa shape index (κ2) is 2.55. The second-order valence-corrected chi connectivity index (χ2v) is 2.78. The lowest BCUT2D eigenvalue weighted by Gasteiger charge is -1.93. The third-order valence-corrected chi connectivity index (χ3v) is 1.95. The van der Waals surface area contributed by atoms with Crippen molar-refractivity contribution in [1.29, 1.82) is 0 Å². The van der Waals surface area contributed by atoms with E-state index in [1.165, 1.54) is 12.3 Å². The number of nitrogens with zero attached hydrogens (tertiary/aromatic N) is 2. The van der Waals surface area contributed by atoms with Crippen molar-refractivity contribution in [3.63, 3.8) is 0 Å². The molecule has 0 aromatic carbocycles. The maximum atomic E-state index is 10.6. The summed E-state index contributed by atoms with van der Waals surface area (Å²) in [5.74, 6) is 0. The van der Waals surface area contributed by atoms with E-state index in [9.17, 15) is 10.1 Å². The minimum absolute atomic E-state index is 0.101. The average molecular weight is 177 g/mol. The number of aromatic amines is 1. The van der Waals surface area contributed by atoms with Crippen LogP contribution in [0.3, 0.4) is 0 Å². The molecule has 2 aromatic rings. The van der Waals surface area contributed by atoms with Crippen LogP contribution in [-0.2, 0) is 0 Å². The second-order valence-electron chi connectivity index (χ2n) is 2.78. The summed E-state index contributed by atoms with van der Waals surface area (Å²) in [6.07, 6.45) is 3.14. The molecule has 5 nitrogen and oxygen atoms in total. The topological polar surface area (TPSA) is 71.8 Å². The Balaban J connectivity index is 2.88. The first-order valence-corrected chi connectivity index (χ1v) is 3.77. The Morgan fingerprint density at radius 1 is 1.62 bits per heavy atom. The summed E-state index contributed by atoms with van der Waals surface area (Å²) in [4.78, 5) is 17.1. The van der Waals surface area contributed by atoms with Gasteiger partial charge in [0.15, 0.2) is 0 Å². The number of hydrogen-bond acceptors (Lipinski definition) is 3. The van der Waals surface area contributed by atoms with Crippen molar-refractivity contribution in [2.45, 2.75) is 6.92 Å². The summed E-state index contributed by atoms with van der Waals surface area (Å²) < 4.78 is 0. The van der Waals surface area contributed by atoms with Crippen LogP contribution >= 0.6 is 0 Å². The largest absolute Gasteiger partial charge is 0.346 e. The maximum absolute atomic E-state index is 10.6. The molecule has 0 atom stereocenters. The summed E-state index contributed by atoms with van der Waals surface area (Å²) >= 11 is 0. The molecule has 0 aliphatic rings. The van der Waals surface area contributed by atoms with Crippen LogP contribution in [0.15, 0.2) is 18.5 Å². The molecule has 0 saturated heterocycles. The number of H-pyrrole nitrogens is 1. The van der Waals surface area contributed by atoms with Crippen LogP contribution in [0, 0.1) is 17.0 Å². The molecule has 1 N–H and O–H groups in total. The first-order chi connectivity index (χ1) is 6.20. The van der Waals surface area contributed by atoms with Crippen molar-refractivity contribution in [3.8, 4) is 0 Å². The molecule has 2 heterocycles. The standard InChI is InChI=1S/C8H7N3O2/c1-5-4-10-8-7(5)6(11(12)13)2-3-9-8/h2-4H,1H3,(H,9,10). The minimum atomic E-state index is -0.398. The molecule has 0 saturated carbocycles. The highest BCUT2D eigenvalue weighted by Gasteiger charge is 2.14. The fourth-order valence-corrected chi connectivity index (χ4v) is 1.35. The van der Waals surface area contributed by atoms with Gasteiger partial charge in [0.25, 0.3) is 5.69 Å². The lowest BCUT2D eigenvalue weighted by Crippen LogP contribution is -1.90. The highest BCUT2D eigenvalue weighted by atomic mass is 16.6. The molecule has 0 bridgehead atoms. The predicted octanol–water partition coefficient (Wildman–Crippen LogP) is 1.78. The van der Waals surface area contributed by atoms with Gasteiger partial charge in [-0.2, -0.15) is 0 Å². The Bertz CT molecular complexity index is 475. The summed E-state index contributed by atoms with van der Waals surface area (Å²) in [6, 6.07) is 1.41. The molecule has 66 valence electrons. The van der Waals surface area contributed by atoms with Gasteiger partial charge in [-0.1, -0.05) is 0 Å². The number of rotatable bonds is 1. The number of fused-ring (bicyclic) bond motifs is 1. The van der Waals surface area contributed by atoms with Crippen molar-refractivity contribution >= 4 is 16.7 Å². The first kappa shape index (κ1) is 7.72. The number of pyridine rings is 1. The molecular formula is C8H7N3O2. The Kier molecular flexibility index (Phi) is 1.51. The minimum Gasteiger partial charge on any atom is -0.346 e. The van der Waals surface area contributed by atoms with Crippen LogP contribution in [0.25, 0.3) is 11.0 Å². The molecule has 0 unspecified atom stereocenters. The van der Waals surface area contributed by atoms with Gasteiger partial charge in [-0.3, -0.25) is 10.1 Å². The number of nitrogens with one attached hydrogen (secondary N) is 1. The van der Waals surface area contributed by atoms with E-state index in [-0.39, 0.29) is 5.69 Å². The molecule has 5 heteroatoms. The summed E-state index contributed by atoms with van der Waals surface area (Å²) in [7, 11) is 0. The molecule has 2 rings (SSSR count). The van der Waals surface area contributed by atoms with Gasteiger partial charge in [-0.25, -0.2) is 4.98 Å². The molecule has 0 amide bonds. The monoisotopic (exact) mass is 177 g/mol. The molecule has 0 aliphatic heterocycles. The van der Waals surface area contributed by atoms with Crippen molar-refractivity contribution in [3.05, 3.63) is 34.1 Å². The SMILES string of the molecule is Cc1c[nH]c2nccc([N+](=O)[O-])c12. The summed E-state index contributed by atoms with van der Waals surface area (Å²) in [5.41, 5.74) is 1.50. The highest BCUT2D eigenvalue weighted by Crippen LogP contribution is 2.25. The zero-order valence-corrected chi connectivity index (χ0v) is 6.94. The van der Waals surface area contributed by atoms with E-state index in [4.69, 9.17) is 0 Å². The van der Waals surface area contributed by atoms with Crippen molar-refractivity contribution in [2.24, 2.45) is 0 Å². The van der Waals surface area contributed by atoms with E-state index in [1.807, 2.05) is 6.92 Å². The maximum Gasteiger partial charge on any atom is 0.282 e. The third-order valence-electron chi connectivity index (χ3n) is 1.95. The number of aryl methyl sites for hydroxylation is 1. The van der Waals surface area contributed by atoms with Gasteiger partial charge in [0.2, 0.25) is 0 Å². The van der Waals surface area contributed by atoms with Crippen LogP contribution in [0.1, 0.15) is 5.56 Å². The van der Waals surface area contributed by atoms with Crippen molar-refractivity contribution in [2.75, 3.05) is 0 Å². The lowest BCUT2D eigenvalue weighted by molar-refractivity contribution is -0.383. The fraction of sp³-hybridized carbons (Fsp3) is 0.125. The summed E-state index contributed by atoms with van der Waals surface area (Å²) in [5, 5.41) is 11.2. The average Bonchev–Trinajstić information content (AvgIpc) is 2.48. The quantitative estimate of drug-likeness (QED) is 0.533. The van der Waals surface area contributed by atoms with Gasteiger partial charge in [-0.05, 0) is 12.5 Å². The first-order valence-electron chi connectivity index (χ1n) is 3.77. The van der Waals surface area contributed by atoms with E-state index < -0.39 is 4.92 Å². The van der Waals surface area contributed by atoms with E-state index in [1.54, 1.807) is 6.20 Å². The Morgan fingerprint density at radius 2 is 2.38 bits per heavy atom. The predicted molar refractivity (Wildman–Crippen MR) is 47.5 cm³/mol. The molecule has 0 spiro atoms.